The maximum Gasteiger partial charge on any atom is 0.262 e. The Balaban J connectivity index is 1.28. The first-order chi connectivity index (χ1) is 19.0. The summed E-state index contributed by atoms with van der Waals surface area (Å²) < 4.78 is 22.6. The summed E-state index contributed by atoms with van der Waals surface area (Å²) in [5.74, 6) is 0.349. The fourth-order valence-electron chi connectivity index (χ4n) is 4.87. The van der Waals surface area contributed by atoms with Gasteiger partial charge in [-0.25, -0.2) is 4.39 Å². The maximum atomic E-state index is 15.0. The number of ether oxygens (including phenoxy) is 1. The number of carbonyl (C=O) groups excluding carboxylic acids is 1. The highest BCUT2D eigenvalue weighted by Gasteiger charge is 2.37. The van der Waals surface area contributed by atoms with Gasteiger partial charge < -0.3 is 15.3 Å². The summed E-state index contributed by atoms with van der Waals surface area (Å²) in [6.45, 7) is 2.25. The number of halogens is 1. The number of rotatable bonds is 7. The van der Waals surface area contributed by atoms with Crippen LogP contribution in [0.3, 0.4) is 0 Å². The zero-order valence-electron chi connectivity index (χ0n) is 21.0. The predicted molar refractivity (Wildman–Crippen MR) is 140 cm³/mol. The highest BCUT2D eigenvalue weighted by molar-refractivity contribution is 6.04. The monoisotopic (exact) mass is 525 g/mol. The van der Waals surface area contributed by atoms with Crippen molar-refractivity contribution in [3.8, 4) is 23.0 Å². The number of nitrogens with one attached hydrogen (secondary N) is 1. The van der Waals surface area contributed by atoms with Gasteiger partial charge in [0.2, 0.25) is 12.0 Å². The van der Waals surface area contributed by atoms with Crippen molar-refractivity contribution in [3.63, 3.8) is 0 Å². The summed E-state index contributed by atoms with van der Waals surface area (Å²) >= 11 is 0. The Morgan fingerprint density at radius 2 is 1.92 bits per heavy atom. The number of amides is 1. The summed E-state index contributed by atoms with van der Waals surface area (Å²) in [5.41, 5.74) is 2.09. The minimum absolute atomic E-state index is 0.105. The van der Waals surface area contributed by atoms with Gasteiger partial charge in [-0.15, -0.1) is 10.2 Å². The molecule has 1 aliphatic carbocycles. The number of aromatic nitrogens is 6. The molecule has 0 aliphatic heterocycles. The van der Waals surface area contributed by atoms with E-state index in [0.717, 1.165) is 0 Å². The van der Waals surface area contributed by atoms with Gasteiger partial charge in [0.15, 0.2) is 5.75 Å². The summed E-state index contributed by atoms with van der Waals surface area (Å²) in [7, 11) is 0. The summed E-state index contributed by atoms with van der Waals surface area (Å²) in [4.78, 5) is 21.6. The van der Waals surface area contributed by atoms with Crippen LogP contribution in [0.5, 0.6) is 5.75 Å². The first-order valence-corrected chi connectivity index (χ1v) is 12.6. The van der Waals surface area contributed by atoms with Crippen LogP contribution in [0.4, 0.5) is 4.39 Å². The van der Waals surface area contributed by atoms with Crippen molar-refractivity contribution in [1.29, 1.82) is 0 Å². The molecule has 0 radical (unpaired) electrons. The molecule has 3 aromatic heterocycles. The number of pyridine rings is 1. The molecule has 10 nitrogen and oxygen atoms in total. The minimum Gasteiger partial charge on any atom is -0.618 e. The number of nitrogens with zero attached hydrogens (tertiary/aromatic N) is 6. The van der Waals surface area contributed by atoms with Crippen molar-refractivity contribution < 1.29 is 18.7 Å². The van der Waals surface area contributed by atoms with E-state index >= 15 is 0 Å². The van der Waals surface area contributed by atoms with Gasteiger partial charge in [-0.05, 0) is 50.1 Å². The van der Waals surface area contributed by atoms with Crippen molar-refractivity contribution in [2.24, 2.45) is 0 Å². The van der Waals surface area contributed by atoms with Gasteiger partial charge in [0.1, 0.15) is 17.2 Å². The van der Waals surface area contributed by atoms with Crippen LogP contribution in [0.2, 0.25) is 0 Å². The molecular formula is C28H24FN7O3. The van der Waals surface area contributed by atoms with Crippen LogP contribution in [0, 0.1) is 11.0 Å². The number of para-hydroxylation sites is 2. The van der Waals surface area contributed by atoms with E-state index in [2.05, 4.69) is 25.5 Å². The molecule has 1 fully saturated rings. The van der Waals surface area contributed by atoms with Gasteiger partial charge in [0, 0.05) is 30.4 Å². The molecule has 39 heavy (non-hydrogen) atoms. The van der Waals surface area contributed by atoms with E-state index in [9.17, 15) is 14.4 Å². The van der Waals surface area contributed by atoms with Gasteiger partial charge in [-0.2, -0.15) is 4.73 Å². The fourth-order valence-corrected chi connectivity index (χ4v) is 4.87. The third kappa shape index (κ3) is 4.52. The minimum atomic E-state index is -0.468. The van der Waals surface area contributed by atoms with Crippen molar-refractivity contribution in [1.82, 2.24) is 30.0 Å². The van der Waals surface area contributed by atoms with E-state index in [1.54, 1.807) is 59.4 Å². The molecule has 0 unspecified atom stereocenters. The normalized spacial score (nSPS) is 16.6. The Labute approximate surface area is 222 Å². The molecule has 1 aliphatic rings. The molecule has 196 valence electrons. The third-order valence-electron chi connectivity index (χ3n) is 6.79. The Hall–Kier alpha value is -4.93. The molecule has 0 atom stereocenters. The van der Waals surface area contributed by atoms with E-state index in [0.29, 0.717) is 52.3 Å². The van der Waals surface area contributed by atoms with Gasteiger partial charge >= 0.3 is 0 Å². The number of benzene rings is 2. The van der Waals surface area contributed by atoms with Crippen molar-refractivity contribution >= 4 is 16.9 Å². The van der Waals surface area contributed by atoms with E-state index in [1.165, 1.54) is 12.3 Å². The van der Waals surface area contributed by atoms with E-state index in [-0.39, 0.29) is 35.1 Å². The lowest BCUT2D eigenvalue weighted by molar-refractivity contribution is -0.594. The highest BCUT2D eigenvalue weighted by Crippen LogP contribution is 2.39. The van der Waals surface area contributed by atoms with Crippen molar-refractivity contribution in [3.05, 3.63) is 95.6 Å². The smallest absolute Gasteiger partial charge is 0.262 e. The Morgan fingerprint density at radius 1 is 1.10 bits per heavy atom. The average Bonchev–Trinajstić information content (AvgIpc) is 3.34. The summed E-state index contributed by atoms with van der Waals surface area (Å²) in [6, 6.07) is 14.7. The predicted octanol–water partition coefficient (Wildman–Crippen LogP) is 3.72. The maximum absolute atomic E-state index is 15.0. The largest absolute Gasteiger partial charge is 0.618 e. The van der Waals surface area contributed by atoms with Crippen LogP contribution in [0.15, 0.2) is 73.2 Å². The lowest BCUT2D eigenvalue weighted by Crippen LogP contribution is -2.44. The molecule has 0 spiro atoms. The number of carbonyl (C=O) groups is 1. The van der Waals surface area contributed by atoms with Crippen LogP contribution < -0.4 is 14.8 Å². The Kier molecular flexibility index (Phi) is 6.31. The number of hydrogen-bond donors (Lipinski definition) is 1. The molecule has 1 saturated carbocycles. The number of fused-ring (bicyclic) bond motifs is 1. The molecule has 1 N–H and O–H groups in total. The molecule has 11 heteroatoms. The number of hydrogen-bond acceptors (Lipinski definition) is 7. The molecule has 1 amide bonds. The average molecular weight is 526 g/mol. The molecule has 2 aromatic carbocycles. The van der Waals surface area contributed by atoms with Crippen LogP contribution in [0.1, 0.15) is 41.9 Å². The topological polar surface area (TPSA) is 122 Å². The van der Waals surface area contributed by atoms with Crippen LogP contribution in [0.25, 0.3) is 28.2 Å². The first-order valence-electron chi connectivity index (χ1n) is 12.6. The van der Waals surface area contributed by atoms with Crippen molar-refractivity contribution in [2.45, 2.75) is 31.7 Å². The Morgan fingerprint density at radius 3 is 2.72 bits per heavy atom. The summed E-state index contributed by atoms with van der Waals surface area (Å²) in [5, 5.41) is 24.6. The van der Waals surface area contributed by atoms with E-state index in [1.807, 2.05) is 13.0 Å². The third-order valence-corrected chi connectivity index (χ3v) is 6.79. The molecule has 6 rings (SSSR count). The SMILES string of the molecule is CCOc1ccc(-c2nnc(C3CC(NC(=O)c4cccc5nccnc45)C3)n2-c2ccccc2F)[n+]([O-])c1. The molecule has 5 aromatic rings. The molecule has 0 saturated heterocycles. The second-order valence-electron chi connectivity index (χ2n) is 9.25. The summed E-state index contributed by atoms with van der Waals surface area (Å²) in [6.07, 6.45) is 5.61. The lowest BCUT2D eigenvalue weighted by Gasteiger charge is -2.35. The zero-order valence-corrected chi connectivity index (χ0v) is 21.0. The van der Waals surface area contributed by atoms with Crippen LogP contribution in [-0.4, -0.2) is 43.3 Å². The van der Waals surface area contributed by atoms with E-state index < -0.39 is 5.82 Å². The molecular weight excluding hydrogens is 501 g/mol. The second-order valence-corrected chi connectivity index (χ2v) is 9.25. The first kappa shape index (κ1) is 24.4. The fraction of sp³-hybridized carbons (Fsp3) is 0.214. The second kappa shape index (κ2) is 10.1. The van der Waals surface area contributed by atoms with Gasteiger partial charge in [0.25, 0.3) is 11.6 Å². The quantitative estimate of drug-likeness (QED) is 0.254. The van der Waals surface area contributed by atoms with Gasteiger partial charge in [-0.3, -0.25) is 19.3 Å². The van der Waals surface area contributed by atoms with Gasteiger partial charge in [0.05, 0.1) is 23.4 Å². The lowest BCUT2D eigenvalue weighted by atomic mass is 9.79. The Bertz CT molecular complexity index is 1680. The van der Waals surface area contributed by atoms with Crippen LogP contribution >= 0.6 is 0 Å². The van der Waals surface area contributed by atoms with Crippen LogP contribution in [-0.2, 0) is 0 Å². The van der Waals surface area contributed by atoms with Gasteiger partial charge in [-0.1, -0.05) is 18.2 Å². The standard InChI is InChI=1S/C28H24FN7O3/c1-2-39-19-10-11-24(35(38)16-19)27-34-33-26(36(27)23-9-4-3-7-21(23)29)17-14-18(15-17)32-28(37)20-6-5-8-22-25(20)31-13-12-30-22/h3-13,16-18H,2,14-15H2,1H3,(H,32,37). The van der Waals surface area contributed by atoms with Crippen molar-refractivity contribution in [2.75, 3.05) is 6.61 Å². The van der Waals surface area contributed by atoms with E-state index in [4.69, 9.17) is 4.74 Å². The molecule has 3 heterocycles. The molecule has 0 bridgehead atoms. The highest BCUT2D eigenvalue weighted by atomic mass is 19.1. The zero-order chi connectivity index (χ0) is 26.9.